The zero-order valence-electron chi connectivity index (χ0n) is 21.7. The molecule has 0 atom stereocenters. The Balaban J connectivity index is 1.80. The first kappa shape index (κ1) is 27.0. The Morgan fingerprint density at radius 3 is 2.32 bits per heavy atom. The molecule has 2 aliphatic rings. The Hall–Kier alpha value is -3.09. The second kappa shape index (κ2) is 12.0. The molecule has 0 bridgehead atoms. The van der Waals surface area contributed by atoms with Gasteiger partial charge in [0, 0.05) is 50.5 Å². The van der Waals surface area contributed by atoms with Crippen molar-refractivity contribution in [2.45, 2.75) is 46.6 Å². The standard InChI is InChI=1S/C28H33N5O2S2/c1-4-6-13-32-25(31-16-14-30(15-17-31)21-10-8-7-9-11-21)22(20(3)23(19-29)26(32)34)18-24-27(35)33(12-5-2)28(36)37-24/h7-11,18H,4-6,12-17H2,1-3H3. The minimum Gasteiger partial charge on any atom is -0.368 e. The normalized spacial score (nSPS) is 17.1. The molecule has 1 aromatic heterocycles. The van der Waals surface area contributed by atoms with Crippen LogP contribution >= 0.6 is 24.0 Å². The van der Waals surface area contributed by atoms with Crippen LogP contribution in [0, 0.1) is 18.3 Å². The van der Waals surface area contributed by atoms with Gasteiger partial charge in [-0.15, -0.1) is 0 Å². The lowest BCUT2D eigenvalue weighted by Gasteiger charge is -2.39. The number of hydrogen-bond acceptors (Lipinski definition) is 7. The average Bonchev–Trinajstić information content (AvgIpc) is 3.18. The molecule has 1 amide bonds. The number of benzene rings is 1. The Bertz CT molecular complexity index is 1300. The van der Waals surface area contributed by atoms with Gasteiger partial charge in [0.25, 0.3) is 11.5 Å². The summed E-state index contributed by atoms with van der Waals surface area (Å²) in [7, 11) is 0. The third kappa shape index (κ3) is 5.46. The number of nitrogens with zero attached hydrogens (tertiary/aromatic N) is 5. The number of unbranched alkanes of at least 4 members (excludes halogenated alkanes) is 1. The molecule has 0 spiro atoms. The monoisotopic (exact) mass is 535 g/mol. The molecule has 4 rings (SSSR count). The molecule has 9 heteroatoms. The van der Waals surface area contributed by atoms with Gasteiger partial charge in [-0.05, 0) is 43.5 Å². The van der Waals surface area contributed by atoms with E-state index in [1.165, 1.54) is 17.4 Å². The number of hydrogen-bond donors (Lipinski definition) is 0. The lowest BCUT2D eigenvalue weighted by atomic mass is 10.0. The van der Waals surface area contributed by atoms with Crippen molar-refractivity contribution >= 4 is 51.8 Å². The van der Waals surface area contributed by atoms with Crippen LogP contribution < -0.4 is 15.4 Å². The summed E-state index contributed by atoms with van der Waals surface area (Å²) in [4.78, 5) is 33.4. The molecule has 37 heavy (non-hydrogen) atoms. The third-order valence-electron chi connectivity index (χ3n) is 6.88. The topological polar surface area (TPSA) is 72.6 Å². The van der Waals surface area contributed by atoms with Crippen LogP contribution in [0.3, 0.4) is 0 Å². The van der Waals surface area contributed by atoms with Gasteiger partial charge in [-0.3, -0.25) is 19.1 Å². The minimum absolute atomic E-state index is 0.110. The molecule has 1 aromatic carbocycles. The smallest absolute Gasteiger partial charge is 0.270 e. The van der Waals surface area contributed by atoms with E-state index in [-0.39, 0.29) is 17.0 Å². The van der Waals surface area contributed by atoms with Crippen molar-refractivity contribution in [3.05, 3.63) is 62.3 Å². The first-order valence-corrected chi connectivity index (χ1v) is 14.1. The summed E-state index contributed by atoms with van der Waals surface area (Å²) in [5.74, 6) is 0.685. The number of anilines is 2. The molecule has 3 heterocycles. The van der Waals surface area contributed by atoms with Gasteiger partial charge in [0.1, 0.15) is 21.8 Å². The van der Waals surface area contributed by atoms with Gasteiger partial charge in [-0.2, -0.15) is 5.26 Å². The molecule has 0 aliphatic carbocycles. The number of amides is 1. The van der Waals surface area contributed by atoms with Crippen molar-refractivity contribution in [2.24, 2.45) is 0 Å². The van der Waals surface area contributed by atoms with Crippen LogP contribution in [0.25, 0.3) is 6.08 Å². The van der Waals surface area contributed by atoms with E-state index in [0.717, 1.165) is 56.8 Å². The zero-order chi connectivity index (χ0) is 26.5. The van der Waals surface area contributed by atoms with Crippen molar-refractivity contribution in [3.63, 3.8) is 0 Å². The number of thiocarbonyl (C=S) groups is 1. The van der Waals surface area contributed by atoms with E-state index < -0.39 is 0 Å². The number of piperazine rings is 1. The fourth-order valence-electron chi connectivity index (χ4n) is 4.87. The summed E-state index contributed by atoms with van der Waals surface area (Å²) in [6.07, 6.45) is 4.42. The molecular weight excluding hydrogens is 502 g/mol. The quantitative estimate of drug-likeness (QED) is 0.356. The summed E-state index contributed by atoms with van der Waals surface area (Å²) in [6.45, 7) is 10.1. The van der Waals surface area contributed by atoms with Crippen molar-refractivity contribution in [2.75, 3.05) is 42.5 Å². The van der Waals surface area contributed by atoms with Crippen molar-refractivity contribution in [1.82, 2.24) is 9.47 Å². The number of pyridine rings is 1. The highest BCUT2D eigenvalue weighted by molar-refractivity contribution is 8.26. The van der Waals surface area contributed by atoms with E-state index in [2.05, 4.69) is 34.9 Å². The van der Waals surface area contributed by atoms with Crippen molar-refractivity contribution < 1.29 is 4.79 Å². The Kier molecular flexibility index (Phi) is 8.72. The number of aromatic nitrogens is 1. The predicted molar refractivity (Wildman–Crippen MR) is 156 cm³/mol. The van der Waals surface area contributed by atoms with Gasteiger partial charge in [-0.1, -0.05) is 62.4 Å². The van der Waals surface area contributed by atoms with E-state index in [4.69, 9.17) is 12.2 Å². The molecule has 2 aromatic rings. The number of thioether (sulfide) groups is 1. The Morgan fingerprint density at radius 2 is 1.70 bits per heavy atom. The van der Waals surface area contributed by atoms with Crippen LogP contribution in [-0.2, 0) is 11.3 Å². The van der Waals surface area contributed by atoms with E-state index in [9.17, 15) is 14.9 Å². The average molecular weight is 536 g/mol. The maximum absolute atomic E-state index is 13.5. The van der Waals surface area contributed by atoms with Gasteiger partial charge >= 0.3 is 0 Å². The predicted octanol–water partition coefficient (Wildman–Crippen LogP) is 4.77. The maximum atomic E-state index is 13.5. The third-order valence-corrected chi connectivity index (χ3v) is 8.26. The number of para-hydroxylation sites is 1. The summed E-state index contributed by atoms with van der Waals surface area (Å²) in [6, 6.07) is 12.5. The maximum Gasteiger partial charge on any atom is 0.270 e. The van der Waals surface area contributed by atoms with Crippen LogP contribution in [0.4, 0.5) is 11.5 Å². The second-order valence-electron chi connectivity index (χ2n) is 9.30. The molecule has 0 N–H and O–H groups in total. The highest BCUT2D eigenvalue weighted by atomic mass is 32.2. The first-order chi connectivity index (χ1) is 17.9. The van der Waals surface area contributed by atoms with Crippen LogP contribution in [0.1, 0.15) is 49.8 Å². The van der Waals surface area contributed by atoms with E-state index in [0.29, 0.717) is 27.9 Å². The Morgan fingerprint density at radius 1 is 1.03 bits per heavy atom. The van der Waals surface area contributed by atoms with Crippen LogP contribution in [0.5, 0.6) is 0 Å². The molecule has 2 saturated heterocycles. The van der Waals surface area contributed by atoms with Gasteiger partial charge in [0.15, 0.2) is 0 Å². The molecular formula is C28H33N5O2S2. The lowest BCUT2D eigenvalue weighted by Crippen LogP contribution is -2.48. The summed E-state index contributed by atoms with van der Waals surface area (Å²) in [5.41, 5.74) is 2.43. The van der Waals surface area contributed by atoms with Crippen molar-refractivity contribution in [3.8, 4) is 6.07 Å². The van der Waals surface area contributed by atoms with E-state index in [1.54, 1.807) is 9.47 Å². The fourth-order valence-corrected chi connectivity index (χ4v) is 6.16. The molecule has 194 valence electrons. The molecule has 7 nitrogen and oxygen atoms in total. The summed E-state index contributed by atoms with van der Waals surface area (Å²) < 4.78 is 2.31. The summed E-state index contributed by atoms with van der Waals surface area (Å²) >= 11 is 6.77. The van der Waals surface area contributed by atoms with Crippen LogP contribution in [0.2, 0.25) is 0 Å². The molecule has 2 fully saturated rings. The number of nitriles is 1. The molecule has 0 saturated carbocycles. The van der Waals surface area contributed by atoms with Crippen LogP contribution in [0.15, 0.2) is 40.0 Å². The second-order valence-corrected chi connectivity index (χ2v) is 11.0. The van der Waals surface area contributed by atoms with Gasteiger partial charge < -0.3 is 9.80 Å². The number of carbonyl (C=O) groups is 1. The van der Waals surface area contributed by atoms with E-state index in [1.807, 2.05) is 38.1 Å². The number of carbonyl (C=O) groups excluding carboxylic acids is 1. The molecule has 0 radical (unpaired) electrons. The SMILES string of the molecule is CCCCn1c(N2CCN(c3ccccc3)CC2)c(C=C2SC(=S)N(CCC)C2=O)c(C)c(C#N)c1=O. The van der Waals surface area contributed by atoms with Gasteiger partial charge in [-0.25, -0.2) is 0 Å². The van der Waals surface area contributed by atoms with Gasteiger partial charge in [0.05, 0.1) is 4.91 Å². The van der Waals surface area contributed by atoms with Crippen LogP contribution in [-0.4, -0.2) is 52.4 Å². The van der Waals surface area contributed by atoms with Gasteiger partial charge in [0.2, 0.25) is 0 Å². The highest BCUT2D eigenvalue weighted by Gasteiger charge is 2.33. The first-order valence-electron chi connectivity index (χ1n) is 12.9. The van der Waals surface area contributed by atoms with E-state index >= 15 is 0 Å². The Labute approximate surface area is 228 Å². The zero-order valence-corrected chi connectivity index (χ0v) is 23.3. The fraction of sp³-hybridized carbons (Fsp3) is 0.429. The molecule has 0 unspecified atom stereocenters. The molecule has 2 aliphatic heterocycles. The van der Waals surface area contributed by atoms with Crippen molar-refractivity contribution in [1.29, 1.82) is 5.26 Å². The minimum atomic E-state index is -0.260. The number of rotatable bonds is 8. The largest absolute Gasteiger partial charge is 0.368 e. The lowest BCUT2D eigenvalue weighted by molar-refractivity contribution is -0.122. The highest BCUT2D eigenvalue weighted by Crippen LogP contribution is 2.36. The summed E-state index contributed by atoms with van der Waals surface area (Å²) in [5, 5.41) is 9.90.